The fourth-order valence-corrected chi connectivity index (χ4v) is 2.30. The molecule has 0 aliphatic rings. The lowest BCUT2D eigenvalue weighted by molar-refractivity contribution is -0.385. The van der Waals surface area contributed by atoms with E-state index >= 15 is 0 Å². The highest BCUT2D eigenvalue weighted by atomic mass is 32.2. The normalized spacial score (nSPS) is 10.2. The first-order valence-corrected chi connectivity index (χ1v) is 6.15. The van der Waals surface area contributed by atoms with Gasteiger partial charge in [0.15, 0.2) is 5.09 Å². The Morgan fingerprint density at radius 3 is 2.70 bits per heavy atom. The third-order valence-electron chi connectivity index (χ3n) is 2.32. The summed E-state index contributed by atoms with van der Waals surface area (Å²) in [6.45, 7) is 0. The van der Waals surface area contributed by atoms with Crippen LogP contribution < -0.4 is 4.74 Å². The van der Waals surface area contributed by atoms with E-state index in [0.29, 0.717) is 15.7 Å². The Balaban J connectivity index is 2.29. The first kappa shape index (κ1) is 13.9. The van der Waals surface area contributed by atoms with Crippen LogP contribution in [0.5, 0.6) is 5.75 Å². The van der Waals surface area contributed by atoms with Crippen molar-refractivity contribution >= 4 is 23.4 Å². The maximum atomic E-state index is 10.8. The molecule has 2 rings (SSSR count). The van der Waals surface area contributed by atoms with Gasteiger partial charge >= 0.3 is 5.97 Å². The molecule has 7 nitrogen and oxygen atoms in total. The minimum Gasteiger partial charge on any atom is -0.496 e. The van der Waals surface area contributed by atoms with Gasteiger partial charge in [-0.1, -0.05) is 11.8 Å². The highest BCUT2D eigenvalue weighted by Gasteiger charge is 2.14. The molecule has 8 heteroatoms. The average Bonchev–Trinajstić information content (AvgIpc) is 2.87. The van der Waals surface area contributed by atoms with Crippen LogP contribution in [0.2, 0.25) is 0 Å². The number of benzene rings is 1. The van der Waals surface area contributed by atoms with E-state index in [1.54, 1.807) is 6.07 Å². The van der Waals surface area contributed by atoms with Crippen LogP contribution in [0.15, 0.2) is 44.7 Å². The molecule has 0 saturated carbocycles. The maximum absolute atomic E-state index is 10.8. The van der Waals surface area contributed by atoms with Crippen molar-refractivity contribution in [1.82, 2.24) is 0 Å². The van der Waals surface area contributed by atoms with Crippen molar-refractivity contribution in [3.05, 3.63) is 46.2 Å². The summed E-state index contributed by atoms with van der Waals surface area (Å²) in [5.74, 6) is -1.02. The van der Waals surface area contributed by atoms with Gasteiger partial charge in [0.25, 0.3) is 5.69 Å². The van der Waals surface area contributed by atoms with Gasteiger partial charge in [0.2, 0.25) is 5.76 Å². The molecule has 0 radical (unpaired) electrons. The molecular formula is C12H9NO6S. The number of ether oxygens (including phenoxy) is 1. The minimum atomic E-state index is -1.17. The van der Waals surface area contributed by atoms with Gasteiger partial charge in [0, 0.05) is 11.0 Å². The molecule has 0 bridgehead atoms. The Bertz CT molecular complexity index is 666. The molecule has 20 heavy (non-hydrogen) atoms. The average molecular weight is 295 g/mol. The first-order valence-electron chi connectivity index (χ1n) is 5.34. The lowest BCUT2D eigenvalue weighted by Gasteiger charge is -2.03. The molecule has 0 aliphatic carbocycles. The van der Waals surface area contributed by atoms with Gasteiger partial charge in [-0.15, -0.1) is 0 Å². The topological polar surface area (TPSA) is 103 Å². The van der Waals surface area contributed by atoms with Crippen LogP contribution in [0.4, 0.5) is 5.69 Å². The molecule has 0 aliphatic heterocycles. The van der Waals surface area contributed by atoms with Crippen molar-refractivity contribution in [3.8, 4) is 5.75 Å². The highest BCUT2D eigenvalue weighted by Crippen LogP contribution is 2.34. The largest absolute Gasteiger partial charge is 0.496 e. The summed E-state index contributed by atoms with van der Waals surface area (Å²) in [6.07, 6.45) is 0. The molecule has 1 heterocycles. The summed E-state index contributed by atoms with van der Waals surface area (Å²) in [5, 5.41) is 19.9. The number of carboxylic acids is 1. The molecule has 1 N–H and O–H groups in total. The van der Waals surface area contributed by atoms with Crippen LogP contribution in [0, 0.1) is 10.1 Å². The molecular weight excluding hydrogens is 286 g/mol. The Labute approximate surface area is 117 Å². The van der Waals surface area contributed by atoms with Crippen molar-refractivity contribution in [2.45, 2.75) is 9.99 Å². The van der Waals surface area contributed by atoms with Crippen LogP contribution in [0.1, 0.15) is 10.6 Å². The number of hydrogen-bond acceptors (Lipinski definition) is 6. The van der Waals surface area contributed by atoms with Crippen LogP contribution >= 0.6 is 11.8 Å². The van der Waals surface area contributed by atoms with Crippen LogP contribution in [0.3, 0.4) is 0 Å². The first-order chi connectivity index (χ1) is 9.49. The molecule has 1 aromatic carbocycles. The molecule has 0 atom stereocenters. The predicted molar refractivity (Wildman–Crippen MR) is 69.4 cm³/mol. The van der Waals surface area contributed by atoms with Gasteiger partial charge in [-0.25, -0.2) is 4.79 Å². The van der Waals surface area contributed by atoms with E-state index in [9.17, 15) is 14.9 Å². The van der Waals surface area contributed by atoms with E-state index in [4.69, 9.17) is 14.3 Å². The molecule has 0 fully saturated rings. The van der Waals surface area contributed by atoms with E-state index in [2.05, 4.69) is 0 Å². The number of nitro benzene ring substituents is 1. The van der Waals surface area contributed by atoms with Gasteiger partial charge in [-0.2, -0.15) is 0 Å². The summed E-state index contributed by atoms with van der Waals surface area (Å²) in [7, 11) is 1.41. The number of hydrogen-bond donors (Lipinski definition) is 1. The summed E-state index contributed by atoms with van der Waals surface area (Å²) in [4.78, 5) is 21.5. The lowest BCUT2D eigenvalue weighted by atomic mass is 10.3. The van der Waals surface area contributed by atoms with E-state index < -0.39 is 10.9 Å². The number of furan rings is 1. The Kier molecular flexibility index (Phi) is 3.94. The molecule has 0 saturated heterocycles. The molecule has 104 valence electrons. The van der Waals surface area contributed by atoms with Crippen molar-refractivity contribution in [2.24, 2.45) is 0 Å². The summed E-state index contributed by atoms with van der Waals surface area (Å²) in [6, 6.07) is 7.06. The van der Waals surface area contributed by atoms with Crippen LogP contribution in [-0.2, 0) is 0 Å². The smallest absolute Gasteiger partial charge is 0.371 e. The summed E-state index contributed by atoms with van der Waals surface area (Å²) in [5.41, 5.74) is -0.114. The second-order valence-electron chi connectivity index (χ2n) is 3.65. The number of carboxylic acid groups (broad SMARTS) is 1. The van der Waals surface area contributed by atoms with Gasteiger partial charge in [-0.05, 0) is 18.2 Å². The van der Waals surface area contributed by atoms with E-state index in [-0.39, 0.29) is 11.4 Å². The second kappa shape index (κ2) is 5.66. The molecule has 1 aromatic heterocycles. The molecule has 0 spiro atoms. The summed E-state index contributed by atoms with van der Waals surface area (Å²) >= 11 is 1.07. The lowest BCUT2D eigenvalue weighted by Crippen LogP contribution is -1.91. The van der Waals surface area contributed by atoms with Gasteiger partial charge in [-0.3, -0.25) is 10.1 Å². The number of non-ortho nitro benzene ring substituents is 1. The maximum Gasteiger partial charge on any atom is 0.371 e. The van der Waals surface area contributed by atoms with Crippen LogP contribution in [-0.4, -0.2) is 23.1 Å². The standard InChI is InChI=1S/C12H9NO6S/c1-18-8-4-7(13(16)17)5-9(6-8)20-11-3-2-10(19-11)12(14)15/h2-6H,1H3,(H,14,15). The van der Waals surface area contributed by atoms with Crippen molar-refractivity contribution in [2.75, 3.05) is 7.11 Å². The predicted octanol–water partition coefficient (Wildman–Crippen LogP) is 3.05. The third kappa shape index (κ3) is 3.09. The van der Waals surface area contributed by atoms with E-state index in [0.717, 1.165) is 11.8 Å². The summed E-state index contributed by atoms with van der Waals surface area (Å²) < 4.78 is 10.1. The minimum absolute atomic E-state index is 0.114. The Hall–Kier alpha value is -2.48. The zero-order chi connectivity index (χ0) is 14.7. The number of rotatable bonds is 5. The number of methoxy groups -OCH3 is 1. The molecule has 0 unspecified atom stereocenters. The third-order valence-corrected chi connectivity index (χ3v) is 3.21. The van der Waals surface area contributed by atoms with Crippen molar-refractivity contribution in [3.63, 3.8) is 0 Å². The van der Waals surface area contributed by atoms with E-state index in [1.165, 1.54) is 31.4 Å². The number of carbonyl (C=O) groups is 1. The number of aromatic carboxylic acids is 1. The van der Waals surface area contributed by atoms with Gasteiger partial charge < -0.3 is 14.3 Å². The zero-order valence-corrected chi connectivity index (χ0v) is 11.0. The van der Waals surface area contributed by atoms with Gasteiger partial charge in [0.05, 0.1) is 18.1 Å². The quantitative estimate of drug-likeness (QED) is 0.667. The molecule has 2 aromatic rings. The van der Waals surface area contributed by atoms with Crippen molar-refractivity contribution in [1.29, 1.82) is 0 Å². The fourth-order valence-electron chi connectivity index (χ4n) is 1.44. The van der Waals surface area contributed by atoms with Gasteiger partial charge in [0.1, 0.15) is 5.75 Å². The number of nitro groups is 1. The zero-order valence-electron chi connectivity index (χ0n) is 10.2. The van der Waals surface area contributed by atoms with Crippen molar-refractivity contribution < 1.29 is 24.0 Å². The Morgan fingerprint density at radius 1 is 1.40 bits per heavy atom. The fraction of sp³-hybridized carbons (Fsp3) is 0.0833. The SMILES string of the molecule is COc1cc(Sc2ccc(C(=O)O)o2)cc([N+](=O)[O-])c1. The highest BCUT2D eigenvalue weighted by molar-refractivity contribution is 7.99. The second-order valence-corrected chi connectivity index (χ2v) is 4.73. The molecule has 0 amide bonds. The monoisotopic (exact) mass is 295 g/mol. The van der Waals surface area contributed by atoms with Crippen LogP contribution in [0.25, 0.3) is 0 Å². The van der Waals surface area contributed by atoms with E-state index in [1.807, 2.05) is 0 Å². The number of nitrogens with zero attached hydrogens (tertiary/aromatic N) is 1. The Morgan fingerprint density at radius 2 is 2.15 bits per heavy atom.